The van der Waals surface area contributed by atoms with Crippen molar-refractivity contribution in [3.63, 3.8) is 0 Å². The van der Waals surface area contributed by atoms with Gasteiger partial charge in [0, 0.05) is 13.0 Å². The Morgan fingerprint density at radius 2 is 1.88 bits per heavy atom. The molecule has 17 heavy (non-hydrogen) atoms. The molecule has 4 heteroatoms. The summed E-state index contributed by atoms with van der Waals surface area (Å²) in [7, 11) is 0. The molecule has 0 unspecified atom stereocenters. The van der Waals surface area contributed by atoms with Crippen molar-refractivity contribution in [3.8, 4) is 0 Å². The van der Waals surface area contributed by atoms with Gasteiger partial charge in [-0.2, -0.15) is 0 Å². The van der Waals surface area contributed by atoms with Gasteiger partial charge in [-0.1, -0.05) is 37.3 Å². The van der Waals surface area contributed by atoms with E-state index in [4.69, 9.17) is 5.73 Å². The van der Waals surface area contributed by atoms with Crippen LogP contribution in [-0.2, 0) is 16.1 Å². The summed E-state index contributed by atoms with van der Waals surface area (Å²) in [5.74, 6) is -0.513. The van der Waals surface area contributed by atoms with Crippen LogP contribution < -0.4 is 5.73 Å². The van der Waals surface area contributed by atoms with Crippen LogP contribution in [0.3, 0.4) is 0 Å². The molecule has 0 bridgehead atoms. The molecule has 2 amide bonds. The van der Waals surface area contributed by atoms with E-state index in [-0.39, 0.29) is 12.5 Å². The number of benzene rings is 1. The van der Waals surface area contributed by atoms with Crippen LogP contribution in [-0.4, -0.2) is 23.3 Å². The summed E-state index contributed by atoms with van der Waals surface area (Å²) >= 11 is 0. The Balaban J connectivity index is 2.70. The van der Waals surface area contributed by atoms with Crippen molar-refractivity contribution in [2.24, 2.45) is 5.73 Å². The third-order valence-electron chi connectivity index (χ3n) is 2.38. The molecular weight excluding hydrogens is 216 g/mol. The summed E-state index contributed by atoms with van der Waals surface area (Å²) < 4.78 is 0. The molecule has 1 rings (SSSR count). The van der Waals surface area contributed by atoms with Crippen LogP contribution in [0.5, 0.6) is 0 Å². The molecule has 0 aromatic heterocycles. The predicted octanol–water partition coefficient (Wildman–Crippen LogP) is 1.30. The summed E-state index contributed by atoms with van der Waals surface area (Å²) in [4.78, 5) is 24.2. The van der Waals surface area contributed by atoms with Crippen molar-refractivity contribution in [2.45, 2.75) is 26.3 Å². The van der Waals surface area contributed by atoms with E-state index in [2.05, 4.69) is 0 Å². The number of carbonyl (C=O) groups excluding carboxylic acids is 2. The Hall–Kier alpha value is -1.84. The minimum Gasteiger partial charge on any atom is -0.368 e. The molecule has 1 aromatic rings. The molecule has 92 valence electrons. The predicted molar refractivity (Wildman–Crippen MR) is 66.0 cm³/mol. The highest BCUT2D eigenvalue weighted by Gasteiger charge is 2.14. The smallest absolute Gasteiger partial charge is 0.237 e. The molecule has 0 aliphatic carbocycles. The van der Waals surface area contributed by atoms with Crippen LogP contribution >= 0.6 is 0 Å². The Bertz CT molecular complexity index is 376. The average molecular weight is 234 g/mol. The first-order chi connectivity index (χ1) is 8.13. The zero-order chi connectivity index (χ0) is 12.7. The zero-order valence-electron chi connectivity index (χ0n) is 10.1. The largest absolute Gasteiger partial charge is 0.368 e. The molecule has 0 heterocycles. The van der Waals surface area contributed by atoms with E-state index in [9.17, 15) is 9.59 Å². The summed E-state index contributed by atoms with van der Waals surface area (Å²) in [6.45, 7) is 2.35. The quantitative estimate of drug-likeness (QED) is 0.806. The number of hydrogen-bond donors (Lipinski definition) is 1. The van der Waals surface area contributed by atoms with Crippen LogP contribution in [0.15, 0.2) is 30.3 Å². The number of primary amides is 1. The second-order valence-corrected chi connectivity index (χ2v) is 3.95. The molecule has 0 atom stereocenters. The highest BCUT2D eigenvalue weighted by Crippen LogP contribution is 2.06. The Morgan fingerprint density at radius 1 is 1.24 bits per heavy atom. The fourth-order valence-electron chi connectivity index (χ4n) is 1.60. The van der Waals surface area contributed by atoms with Crippen LogP contribution in [0, 0.1) is 0 Å². The lowest BCUT2D eigenvalue weighted by atomic mass is 10.2. The molecule has 1 aromatic carbocycles. The summed E-state index contributed by atoms with van der Waals surface area (Å²) in [6, 6.07) is 9.57. The Morgan fingerprint density at radius 3 is 2.41 bits per heavy atom. The van der Waals surface area contributed by atoms with Gasteiger partial charge < -0.3 is 10.6 Å². The van der Waals surface area contributed by atoms with E-state index in [1.165, 1.54) is 4.90 Å². The molecule has 2 N–H and O–H groups in total. The summed E-state index contributed by atoms with van der Waals surface area (Å²) in [5.41, 5.74) is 6.15. The minimum atomic E-state index is -0.481. The first-order valence-corrected chi connectivity index (χ1v) is 5.73. The van der Waals surface area contributed by atoms with E-state index in [0.29, 0.717) is 13.0 Å². The highest BCUT2D eigenvalue weighted by molar-refractivity contribution is 5.83. The van der Waals surface area contributed by atoms with E-state index in [1.54, 1.807) is 0 Å². The van der Waals surface area contributed by atoms with Crippen LogP contribution in [0.1, 0.15) is 25.3 Å². The number of nitrogens with two attached hydrogens (primary N) is 1. The topological polar surface area (TPSA) is 63.4 Å². The van der Waals surface area contributed by atoms with Gasteiger partial charge in [-0.25, -0.2) is 0 Å². The second-order valence-electron chi connectivity index (χ2n) is 3.95. The first kappa shape index (κ1) is 13.2. The highest BCUT2D eigenvalue weighted by atomic mass is 16.2. The standard InChI is InChI=1S/C13H18N2O2/c1-2-6-13(17)15(10-12(14)16)9-11-7-4-3-5-8-11/h3-5,7-8H,2,6,9-10H2,1H3,(H2,14,16). The SMILES string of the molecule is CCCC(=O)N(CC(N)=O)Cc1ccccc1. The normalized spacial score (nSPS) is 9.94. The van der Waals surface area contributed by atoms with E-state index >= 15 is 0 Å². The first-order valence-electron chi connectivity index (χ1n) is 5.73. The summed E-state index contributed by atoms with van der Waals surface area (Å²) in [5, 5.41) is 0. The van der Waals surface area contributed by atoms with Gasteiger partial charge in [-0.3, -0.25) is 9.59 Å². The number of carbonyl (C=O) groups is 2. The van der Waals surface area contributed by atoms with Crippen molar-refractivity contribution >= 4 is 11.8 Å². The fourth-order valence-corrected chi connectivity index (χ4v) is 1.60. The number of rotatable bonds is 6. The fraction of sp³-hybridized carbons (Fsp3) is 0.385. The lowest BCUT2D eigenvalue weighted by Gasteiger charge is -2.21. The van der Waals surface area contributed by atoms with Crippen molar-refractivity contribution in [1.29, 1.82) is 0 Å². The van der Waals surface area contributed by atoms with Crippen molar-refractivity contribution in [3.05, 3.63) is 35.9 Å². The molecular formula is C13H18N2O2. The molecule has 0 spiro atoms. The van der Waals surface area contributed by atoms with Crippen LogP contribution in [0.4, 0.5) is 0 Å². The van der Waals surface area contributed by atoms with Gasteiger partial charge in [-0.05, 0) is 12.0 Å². The average Bonchev–Trinajstić information content (AvgIpc) is 2.29. The Labute approximate surface area is 101 Å². The van der Waals surface area contributed by atoms with Gasteiger partial charge >= 0.3 is 0 Å². The minimum absolute atomic E-state index is 0.0201. The van der Waals surface area contributed by atoms with Crippen LogP contribution in [0.25, 0.3) is 0 Å². The lowest BCUT2D eigenvalue weighted by molar-refractivity contribution is -0.135. The molecule has 0 radical (unpaired) electrons. The third kappa shape index (κ3) is 4.68. The monoisotopic (exact) mass is 234 g/mol. The second kappa shape index (κ2) is 6.68. The molecule has 4 nitrogen and oxygen atoms in total. The number of amides is 2. The maximum Gasteiger partial charge on any atom is 0.237 e. The molecule has 0 aliphatic heterocycles. The van der Waals surface area contributed by atoms with Crippen molar-refractivity contribution in [1.82, 2.24) is 4.90 Å². The maximum atomic E-state index is 11.8. The van der Waals surface area contributed by atoms with Gasteiger partial charge in [0.1, 0.15) is 0 Å². The Kier molecular flexibility index (Phi) is 5.20. The van der Waals surface area contributed by atoms with Gasteiger partial charge in [0.15, 0.2) is 0 Å². The molecule has 0 fully saturated rings. The third-order valence-corrected chi connectivity index (χ3v) is 2.38. The number of hydrogen-bond acceptors (Lipinski definition) is 2. The van der Waals surface area contributed by atoms with Gasteiger partial charge in [0.2, 0.25) is 11.8 Å². The maximum absolute atomic E-state index is 11.8. The van der Waals surface area contributed by atoms with Crippen molar-refractivity contribution < 1.29 is 9.59 Å². The van der Waals surface area contributed by atoms with Gasteiger partial charge in [0.05, 0.1) is 6.54 Å². The lowest BCUT2D eigenvalue weighted by Crippen LogP contribution is -2.37. The van der Waals surface area contributed by atoms with Gasteiger partial charge in [0.25, 0.3) is 0 Å². The van der Waals surface area contributed by atoms with E-state index in [0.717, 1.165) is 12.0 Å². The molecule has 0 saturated carbocycles. The molecule has 0 aliphatic rings. The number of nitrogens with zero attached hydrogens (tertiary/aromatic N) is 1. The zero-order valence-corrected chi connectivity index (χ0v) is 10.1. The van der Waals surface area contributed by atoms with E-state index < -0.39 is 5.91 Å². The van der Waals surface area contributed by atoms with Crippen LogP contribution in [0.2, 0.25) is 0 Å². The summed E-state index contributed by atoms with van der Waals surface area (Å²) in [6.07, 6.45) is 1.21. The van der Waals surface area contributed by atoms with E-state index in [1.807, 2.05) is 37.3 Å². The van der Waals surface area contributed by atoms with Crippen molar-refractivity contribution in [2.75, 3.05) is 6.54 Å². The molecule has 0 saturated heterocycles. The van der Waals surface area contributed by atoms with Gasteiger partial charge in [-0.15, -0.1) is 0 Å².